The molecule has 3 rings (SSSR count). The third-order valence-electron chi connectivity index (χ3n) is 4.75. The first-order valence-corrected chi connectivity index (χ1v) is 9.57. The molecule has 4 heteroatoms. The van der Waals surface area contributed by atoms with E-state index in [0.29, 0.717) is 26.4 Å². The van der Waals surface area contributed by atoms with E-state index in [0.717, 1.165) is 29.7 Å². The van der Waals surface area contributed by atoms with Gasteiger partial charge in [-0.1, -0.05) is 60.7 Å². The molecule has 142 valence electrons. The van der Waals surface area contributed by atoms with Gasteiger partial charge in [-0.25, -0.2) is 4.79 Å². The van der Waals surface area contributed by atoms with Gasteiger partial charge in [-0.15, -0.1) is 0 Å². The predicted octanol–water partition coefficient (Wildman–Crippen LogP) is 4.22. The van der Waals surface area contributed by atoms with Crippen LogP contribution in [-0.2, 0) is 27.4 Å². The summed E-state index contributed by atoms with van der Waals surface area (Å²) in [6, 6.07) is 20.3. The molecule has 2 aromatic carbocycles. The fourth-order valence-corrected chi connectivity index (χ4v) is 3.38. The molecule has 0 radical (unpaired) electrons. The van der Waals surface area contributed by atoms with Crippen LogP contribution in [0, 0.1) is 5.92 Å². The number of carbonyl (C=O) groups excluding carboxylic acids is 1. The molecule has 27 heavy (non-hydrogen) atoms. The lowest BCUT2D eigenvalue weighted by Crippen LogP contribution is -2.23. The van der Waals surface area contributed by atoms with Crippen molar-refractivity contribution in [1.82, 2.24) is 5.32 Å². The SMILES string of the molecule is CCOC(=O)C1=C(NCc2ccccc2)C(COCc2ccccc2)CC1. The maximum atomic E-state index is 12.3. The second kappa shape index (κ2) is 9.93. The van der Waals surface area contributed by atoms with Gasteiger partial charge < -0.3 is 14.8 Å². The van der Waals surface area contributed by atoms with Crippen LogP contribution >= 0.6 is 0 Å². The molecule has 1 N–H and O–H groups in total. The van der Waals surface area contributed by atoms with Crippen molar-refractivity contribution in [3.63, 3.8) is 0 Å². The normalized spacial score (nSPS) is 16.4. The molecule has 0 heterocycles. The number of hydrogen-bond acceptors (Lipinski definition) is 4. The van der Waals surface area contributed by atoms with Gasteiger partial charge >= 0.3 is 5.97 Å². The summed E-state index contributed by atoms with van der Waals surface area (Å²) in [7, 11) is 0. The van der Waals surface area contributed by atoms with Crippen LogP contribution in [0.2, 0.25) is 0 Å². The number of carbonyl (C=O) groups is 1. The quantitative estimate of drug-likeness (QED) is 0.676. The molecule has 1 atom stereocenters. The molecular formula is C23H27NO3. The van der Waals surface area contributed by atoms with E-state index >= 15 is 0 Å². The molecule has 4 nitrogen and oxygen atoms in total. The highest BCUT2D eigenvalue weighted by Gasteiger charge is 2.30. The topological polar surface area (TPSA) is 47.6 Å². The minimum atomic E-state index is -0.210. The zero-order valence-electron chi connectivity index (χ0n) is 15.8. The largest absolute Gasteiger partial charge is 0.463 e. The van der Waals surface area contributed by atoms with Crippen LogP contribution in [0.15, 0.2) is 71.9 Å². The second-order valence-corrected chi connectivity index (χ2v) is 6.69. The fraction of sp³-hybridized carbons (Fsp3) is 0.348. The van der Waals surface area contributed by atoms with Crippen molar-refractivity contribution in [2.75, 3.05) is 13.2 Å². The number of nitrogens with one attached hydrogen (secondary N) is 1. The van der Waals surface area contributed by atoms with Gasteiger partial charge in [0, 0.05) is 18.2 Å². The maximum absolute atomic E-state index is 12.3. The van der Waals surface area contributed by atoms with Gasteiger partial charge in [-0.2, -0.15) is 0 Å². The average molecular weight is 365 g/mol. The van der Waals surface area contributed by atoms with Crippen molar-refractivity contribution >= 4 is 5.97 Å². The monoisotopic (exact) mass is 365 g/mol. The van der Waals surface area contributed by atoms with Crippen molar-refractivity contribution in [3.05, 3.63) is 83.1 Å². The summed E-state index contributed by atoms with van der Waals surface area (Å²) in [5.74, 6) is -0.0181. The Hall–Kier alpha value is -2.59. The molecule has 1 aliphatic carbocycles. The van der Waals surface area contributed by atoms with Crippen molar-refractivity contribution in [2.24, 2.45) is 5.92 Å². The lowest BCUT2D eigenvalue weighted by atomic mass is 10.1. The third-order valence-corrected chi connectivity index (χ3v) is 4.75. The molecule has 0 spiro atoms. The van der Waals surface area contributed by atoms with Gasteiger partial charge in [0.25, 0.3) is 0 Å². The summed E-state index contributed by atoms with van der Waals surface area (Å²) in [5, 5.41) is 3.48. The zero-order chi connectivity index (χ0) is 18.9. The first-order chi connectivity index (χ1) is 13.3. The van der Waals surface area contributed by atoms with Crippen molar-refractivity contribution in [3.8, 4) is 0 Å². The molecule has 1 unspecified atom stereocenters. The van der Waals surface area contributed by atoms with Crippen LogP contribution in [0.1, 0.15) is 30.9 Å². The highest BCUT2D eigenvalue weighted by molar-refractivity contribution is 5.90. The van der Waals surface area contributed by atoms with Gasteiger partial charge in [-0.05, 0) is 30.9 Å². The molecule has 0 aromatic heterocycles. The van der Waals surface area contributed by atoms with Gasteiger partial charge in [0.15, 0.2) is 0 Å². The second-order valence-electron chi connectivity index (χ2n) is 6.69. The Morgan fingerprint density at radius 3 is 2.37 bits per heavy atom. The van der Waals surface area contributed by atoms with E-state index in [1.807, 2.05) is 43.3 Å². The molecule has 1 aliphatic rings. The smallest absolute Gasteiger partial charge is 0.335 e. The summed E-state index contributed by atoms with van der Waals surface area (Å²) in [5.41, 5.74) is 4.08. The van der Waals surface area contributed by atoms with Gasteiger partial charge in [0.2, 0.25) is 0 Å². The van der Waals surface area contributed by atoms with E-state index in [-0.39, 0.29) is 11.9 Å². The Morgan fingerprint density at radius 1 is 1.04 bits per heavy atom. The van der Waals surface area contributed by atoms with E-state index < -0.39 is 0 Å². The van der Waals surface area contributed by atoms with E-state index in [9.17, 15) is 4.79 Å². The standard InChI is InChI=1S/C23H27NO3/c1-2-27-23(25)21-14-13-20(17-26-16-19-11-7-4-8-12-19)22(21)24-15-18-9-5-3-6-10-18/h3-12,20,24H,2,13-17H2,1H3. The Balaban J connectivity index is 1.64. The number of rotatable bonds is 9. The van der Waals surface area contributed by atoms with E-state index in [2.05, 4.69) is 29.6 Å². The third kappa shape index (κ3) is 5.44. The van der Waals surface area contributed by atoms with E-state index in [1.165, 1.54) is 5.56 Å². The fourth-order valence-electron chi connectivity index (χ4n) is 3.38. The Morgan fingerprint density at radius 2 is 1.70 bits per heavy atom. The first kappa shape index (κ1) is 19.2. The summed E-state index contributed by atoms with van der Waals surface area (Å²) in [6.45, 7) is 4.09. The summed E-state index contributed by atoms with van der Waals surface area (Å²) < 4.78 is 11.2. The number of esters is 1. The minimum Gasteiger partial charge on any atom is -0.463 e. The molecule has 0 saturated carbocycles. The summed E-state index contributed by atoms with van der Waals surface area (Å²) in [6.07, 6.45) is 1.63. The van der Waals surface area contributed by atoms with Crippen LogP contribution in [-0.4, -0.2) is 19.2 Å². The van der Waals surface area contributed by atoms with Crippen molar-refractivity contribution in [2.45, 2.75) is 32.9 Å². The van der Waals surface area contributed by atoms with Gasteiger partial charge in [-0.3, -0.25) is 0 Å². The highest BCUT2D eigenvalue weighted by atomic mass is 16.5. The molecule has 0 fully saturated rings. The maximum Gasteiger partial charge on any atom is 0.335 e. The van der Waals surface area contributed by atoms with E-state index in [1.54, 1.807) is 0 Å². The Bertz CT molecular complexity index is 756. The van der Waals surface area contributed by atoms with Crippen LogP contribution in [0.5, 0.6) is 0 Å². The lowest BCUT2D eigenvalue weighted by molar-refractivity contribution is -0.138. The average Bonchev–Trinajstić information content (AvgIpc) is 3.11. The molecular weight excluding hydrogens is 338 g/mol. The lowest BCUT2D eigenvalue weighted by Gasteiger charge is -2.18. The van der Waals surface area contributed by atoms with Crippen molar-refractivity contribution < 1.29 is 14.3 Å². The summed E-state index contributed by atoms with van der Waals surface area (Å²) in [4.78, 5) is 12.3. The predicted molar refractivity (Wildman–Crippen MR) is 106 cm³/mol. The number of hydrogen-bond donors (Lipinski definition) is 1. The first-order valence-electron chi connectivity index (χ1n) is 9.57. The molecule has 0 bridgehead atoms. The highest BCUT2D eigenvalue weighted by Crippen LogP contribution is 2.32. The van der Waals surface area contributed by atoms with Crippen LogP contribution in [0.4, 0.5) is 0 Å². The minimum absolute atomic E-state index is 0.192. The van der Waals surface area contributed by atoms with Crippen molar-refractivity contribution in [1.29, 1.82) is 0 Å². The van der Waals surface area contributed by atoms with Gasteiger partial charge in [0.1, 0.15) is 0 Å². The molecule has 2 aromatic rings. The van der Waals surface area contributed by atoms with Crippen LogP contribution in [0.25, 0.3) is 0 Å². The van der Waals surface area contributed by atoms with Crippen LogP contribution < -0.4 is 5.32 Å². The molecule has 0 saturated heterocycles. The zero-order valence-corrected chi connectivity index (χ0v) is 15.8. The summed E-state index contributed by atoms with van der Waals surface area (Å²) >= 11 is 0. The Labute approximate surface area is 161 Å². The number of benzene rings is 2. The van der Waals surface area contributed by atoms with Crippen LogP contribution in [0.3, 0.4) is 0 Å². The van der Waals surface area contributed by atoms with E-state index in [4.69, 9.17) is 9.47 Å². The van der Waals surface area contributed by atoms with Gasteiger partial charge in [0.05, 0.1) is 25.4 Å². The molecule has 0 aliphatic heterocycles. The molecule has 0 amide bonds. The Kier molecular flexibility index (Phi) is 7.05. The number of ether oxygens (including phenoxy) is 2.